The first-order valence-electron chi connectivity index (χ1n) is 9.37. The Morgan fingerprint density at radius 3 is 2.30 bits per heavy atom. The van der Waals surface area contributed by atoms with Crippen molar-refractivity contribution in [1.29, 1.82) is 0 Å². The molecular formula is C23H24N2O4S. The number of benzene rings is 3. The van der Waals surface area contributed by atoms with Gasteiger partial charge in [-0.1, -0.05) is 35.9 Å². The molecule has 1 amide bonds. The molecule has 0 heterocycles. The molecule has 0 saturated carbocycles. The van der Waals surface area contributed by atoms with E-state index in [1.54, 1.807) is 49.4 Å². The van der Waals surface area contributed by atoms with Crippen LogP contribution < -0.4 is 9.46 Å². The lowest BCUT2D eigenvalue weighted by Gasteiger charge is -2.19. The molecule has 1 N–H and O–H groups in total. The molecule has 0 aliphatic rings. The second-order valence-corrected chi connectivity index (χ2v) is 8.65. The average molecular weight is 425 g/mol. The van der Waals surface area contributed by atoms with Crippen LogP contribution in [0.15, 0.2) is 77.7 Å². The molecule has 0 atom stereocenters. The standard InChI is InChI=1S/C23H24N2O4S/c1-17-9-14-22(29-3)19(15-17)16-25(2)23(26)18-10-12-21(13-11-18)30(27,28)24-20-7-5-4-6-8-20/h4-15,24H,16H2,1-3H3. The number of para-hydroxylation sites is 1. The van der Waals surface area contributed by atoms with E-state index in [0.29, 0.717) is 23.5 Å². The zero-order valence-corrected chi connectivity index (χ0v) is 17.9. The molecule has 0 bridgehead atoms. The Balaban J connectivity index is 1.74. The number of ether oxygens (including phenoxy) is 1. The fourth-order valence-electron chi connectivity index (χ4n) is 3.08. The van der Waals surface area contributed by atoms with E-state index in [1.165, 1.54) is 24.3 Å². The summed E-state index contributed by atoms with van der Waals surface area (Å²) in [6.45, 7) is 2.35. The quantitative estimate of drug-likeness (QED) is 0.620. The average Bonchev–Trinajstić information content (AvgIpc) is 2.74. The van der Waals surface area contributed by atoms with E-state index in [9.17, 15) is 13.2 Å². The number of methoxy groups -OCH3 is 1. The molecule has 0 aliphatic carbocycles. The van der Waals surface area contributed by atoms with E-state index in [4.69, 9.17) is 4.74 Å². The highest BCUT2D eigenvalue weighted by Gasteiger charge is 2.18. The summed E-state index contributed by atoms with van der Waals surface area (Å²) >= 11 is 0. The third-order valence-electron chi connectivity index (χ3n) is 4.63. The monoisotopic (exact) mass is 424 g/mol. The Kier molecular flexibility index (Phi) is 6.42. The van der Waals surface area contributed by atoms with Crippen LogP contribution in [-0.2, 0) is 16.6 Å². The number of anilines is 1. The maximum atomic E-state index is 12.8. The number of carbonyl (C=O) groups excluding carboxylic acids is 1. The lowest BCUT2D eigenvalue weighted by Crippen LogP contribution is -2.26. The van der Waals surface area contributed by atoms with Crippen LogP contribution in [0, 0.1) is 6.92 Å². The number of hydrogen-bond donors (Lipinski definition) is 1. The van der Waals surface area contributed by atoms with E-state index >= 15 is 0 Å². The number of carbonyl (C=O) groups is 1. The minimum Gasteiger partial charge on any atom is -0.496 e. The van der Waals surface area contributed by atoms with Crippen molar-refractivity contribution < 1.29 is 17.9 Å². The molecule has 6 nitrogen and oxygen atoms in total. The third-order valence-corrected chi connectivity index (χ3v) is 6.02. The third kappa shape index (κ3) is 4.99. The summed E-state index contributed by atoms with van der Waals surface area (Å²) in [5.41, 5.74) is 2.86. The van der Waals surface area contributed by atoms with Gasteiger partial charge in [-0.2, -0.15) is 0 Å². The number of rotatable bonds is 7. The molecule has 0 saturated heterocycles. The Morgan fingerprint density at radius 1 is 1.00 bits per heavy atom. The van der Waals surface area contributed by atoms with Crippen LogP contribution in [-0.4, -0.2) is 33.4 Å². The Bertz CT molecular complexity index is 1130. The summed E-state index contributed by atoms with van der Waals surface area (Å²) in [4.78, 5) is 14.5. The molecule has 3 rings (SSSR count). The Hall–Kier alpha value is -3.32. The highest BCUT2D eigenvalue weighted by atomic mass is 32.2. The number of amides is 1. The Morgan fingerprint density at radius 2 is 1.67 bits per heavy atom. The lowest BCUT2D eigenvalue weighted by molar-refractivity contribution is 0.0784. The van der Waals surface area contributed by atoms with Crippen LogP contribution in [0.25, 0.3) is 0 Å². The van der Waals surface area contributed by atoms with Gasteiger partial charge in [0.2, 0.25) is 0 Å². The van der Waals surface area contributed by atoms with Crippen molar-refractivity contribution in [1.82, 2.24) is 4.90 Å². The van der Waals surface area contributed by atoms with E-state index in [-0.39, 0.29) is 10.8 Å². The minimum absolute atomic E-state index is 0.0888. The molecule has 7 heteroatoms. The van der Waals surface area contributed by atoms with Gasteiger partial charge in [0.05, 0.1) is 12.0 Å². The van der Waals surface area contributed by atoms with E-state index in [1.807, 2.05) is 25.1 Å². The molecule has 0 aromatic heterocycles. The maximum absolute atomic E-state index is 12.8. The highest BCUT2D eigenvalue weighted by molar-refractivity contribution is 7.92. The van der Waals surface area contributed by atoms with Crippen molar-refractivity contribution in [3.8, 4) is 5.75 Å². The first-order valence-corrected chi connectivity index (χ1v) is 10.9. The molecule has 0 unspecified atom stereocenters. The van der Waals surface area contributed by atoms with Gasteiger partial charge in [0.25, 0.3) is 15.9 Å². The van der Waals surface area contributed by atoms with Gasteiger partial charge in [0, 0.05) is 30.4 Å². The largest absolute Gasteiger partial charge is 0.496 e. The number of hydrogen-bond acceptors (Lipinski definition) is 4. The van der Waals surface area contributed by atoms with E-state index < -0.39 is 10.0 Å². The predicted octanol–water partition coefficient (Wildman–Crippen LogP) is 4.08. The zero-order valence-electron chi connectivity index (χ0n) is 17.1. The molecule has 0 radical (unpaired) electrons. The number of nitrogens with one attached hydrogen (secondary N) is 1. The second kappa shape index (κ2) is 9.00. The molecule has 156 valence electrons. The number of nitrogens with zero attached hydrogens (tertiary/aromatic N) is 1. The predicted molar refractivity (Wildman–Crippen MR) is 117 cm³/mol. The van der Waals surface area contributed by atoms with Gasteiger partial charge in [0.15, 0.2) is 0 Å². The number of sulfonamides is 1. The van der Waals surface area contributed by atoms with Gasteiger partial charge in [-0.25, -0.2) is 8.42 Å². The van der Waals surface area contributed by atoms with Crippen molar-refractivity contribution in [3.63, 3.8) is 0 Å². The van der Waals surface area contributed by atoms with Crippen LogP contribution in [0.5, 0.6) is 5.75 Å². The van der Waals surface area contributed by atoms with Gasteiger partial charge in [0.1, 0.15) is 5.75 Å². The second-order valence-electron chi connectivity index (χ2n) is 6.97. The fraction of sp³-hybridized carbons (Fsp3) is 0.174. The summed E-state index contributed by atoms with van der Waals surface area (Å²) in [6.07, 6.45) is 0. The molecular weight excluding hydrogens is 400 g/mol. The maximum Gasteiger partial charge on any atom is 0.261 e. The minimum atomic E-state index is -3.73. The highest BCUT2D eigenvalue weighted by Crippen LogP contribution is 2.22. The molecule has 0 aliphatic heterocycles. The van der Waals surface area contributed by atoms with E-state index in [0.717, 1.165) is 11.1 Å². The zero-order chi connectivity index (χ0) is 21.7. The van der Waals surface area contributed by atoms with Gasteiger partial charge in [-0.15, -0.1) is 0 Å². The van der Waals surface area contributed by atoms with Crippen LogP contribution in [0.1, 0.15) is 21.5 Å². The molecule has 0 spiro atoms. The van der Waals surface area contributed by atoms with Gasteiger partial charge in [-0.05, 0) is 49.4 Å². The van der Waals surface area contributed by atoms with Crippen molar-refractivity contribution >= 4 is 21.6 Å². The van der Waals surface area contributed by atoms with Crippen molar-refractivity contribution in [3.05, 3.63) is 89.5 Å². The summed E-state index contributed by atoms with van der Waals surface area (Å²) < 4.78 is 33.0. The van der Waals surface area contributed by atoms with Crippen LogP contribution >= 0.6 is 0 Å². The summed E-state index contributed by atoms with van der Waals surface area (Å²) in [7, 11) is -0.434. The van der Waals surface area contributed by atoms with Crippen molar-refractivity contribution in [2.45, 2.75) is 18.4 Å². The van der Waals surface area contributed by atoms with Gasteiger partial charge in [-0.3, -0.25) is 9.52 Å². The number of aryl methyl sites for hydroxylation is 1. The molecule has 0 fully saturated rings. The van der Waals surface area contributed by atoms with Gasteiger partial charge >= 0.3 is 0 Å². The van der Waals surface area contributed by atoms with Crippen LogP contribution in [0.4, 0.5) is 5.69 Å². The van der Waals surface area contributed by atoms with Crippen molar-refractivity contribution in [2.75, 3.05) is 18.9 Å². The van der Waals surface area contributed by atoms with Crippen LogP contribution in [0.2, 0.25) is 0 Å². The topological polar surface area (TPSA) is 75.7 Å². The van der Waals surface area contributed by atoms with Gasteiger partial charge < -0.3 is 9.64 Å². The van der Waals surface area contributed by atoms with E-state index in [2.05, 4.69) is 4.72 Å². The molecule has 3 aromatic carbocycles. The first-order chi connectivity index (χ1) is 14.3. The molecule has 3 aromatic rings. The smallest absolute Gasteiger partial charge is 0.261 e. The van der Waals surface area contributed by atoms with Crippen LogP contribution in [0.3, 0.4) is 0 Å². The summed E-state index contributed by atoms with van der Waals surface area (Å²) in [5, 5.41) is 0. The summed E-state index contributed by atoms with van der Waals surface area (Å²) in [5.74, 6) is 0.507. The molecule has 30 heavy (non-hydrogen) atoms. The lowest BCUT2D eigenvalue weighted by atomic mass is 10.1. The SMILES string of the molecule is COc1ccc(C)cc1CN(C)C(=O)c1ccc(S(=O)(=O)Nc2ccccc2)cc1. The van der Waals surface area contributed by atoms with Crippen molar-refractivity contribution in [2.24, 2.45) is 0 Å². The first kappa shape index (κ1) is 21.4. The Labute approximate surface area is 177 Å². The normalized spacial score (nSPS) is 11.0. The fourth-order valence-corrected chi connectivity index (χ4v) is 4.13. The summed E-state index contributed by atoms with van der Waals surface area (Å²) in [6, 6.07) is 20.4.